The van der Waals surface area contributed by atoms with Crippen molar-refractivity contribution < 1.29 is 0 Å². The zero-order valence-corrected chi connectivity index (χ0v) is 16.6. The quantitative estimate of drug-likeness (QED) is 0.561. The fourth-order valence-electron chi connectivity index (χ4n) is 3.88. The number of hydrogen-bond acceptors (Lipinski definition) is 1. The third kappa shape index (κ3) is 4.78. The molecule has 1 aliphatic rings. The minimum Gasteiger partial charge on any atom is -0.372 e. The number of piperidine rings is 1. The molecule has 0 unspecified atom stereocenters. The van der Waals surface area contributed by atoms with Crippen LogP contribution in [0.5, 0.6) is 0 Å². The molecule has 0 saturated carbocycles. The highest BCUT2D eigenvalue weighted by Crippen LogP contribution is 2.24. The van der Waals surface area contributed by atoms with Crippen LogP contribution in [0.2, 0.25) is 0 Å². The van der Waals surface area contributed by atoms with Gasteiger partial charge in [0, 0.05) is 18.8 Å². The van der Waals surface area contributed by atoms with Gasteiger partial charge in [-0.3, -0.25) is 0 Å². The topological polar surface area (TPSA) is 3.24 Å². The standard InChI is InChI=1S/C25H33N/c1-4-5-10-22-14-13-20(2)25(17-22)19-23-11-9-12-24(18-23)21(3)26-15-7-6-8-16-26/h9,11-14,17-18H,3-8,10,15-16,19H2,1-2H3. The van der Waals surface area contributed by atoms with Crippen LogP contribution in [-0.4, -0.2) is 18.0 Å². The molecule has 0 bridgehead atoms. The van der Waals surface area contributed by atoms with Crippen LogP contribution >= 0.6 is 0 Å². The number of aryl methyl sites for hydroxylation is 2. The van der Waals surface area contributed by atoms with Crippen LogP contribution in [-0.2, 0) is 12.8 Å². The number of unbranched alkanes of at least 4 members (excludes halogenated alkanes) is 1. The Morgan fingerprint density at radius 1 is 1.00 bits per heavy atom. The van der Waals surface area contributed by atoms with Crippen molar-refractivity contribution in [3.8, 4) is 0 Å². The Hall–Kier alpha value is -2.02. The van der Waals surface area contributed by atoms with E-state index in [9.17, 15) is 0 Å². The molecule has 1 heterocycles. The van der Waals surface area contributed by atoms with E-state index in [4.69, 9.17) is 0 Å². The van der Waals surface area contributed by atoms with Crippen molar-refractivity contribution >= 4 is 5.70 Å². The van der Waals surface area contributed by atoms with Gasteiger partial charge in [-0.05, 0) is 79.3 Å². The van der Waals surface area contributed by atoms with Crippen LogP contribution in [0.25, 0.3) is 5.70 Å². The Morgan fingerprint density at radius 3 is 2.58 bits per heavy atom. The van der Waals surface area contributed by atoms with Gasteiger partial charge >= 0.3 is 0 Å². The highest BCUT2D eigenvalue weighted by molar-refractivity contribution is 5.62. The lowest BCUT2D eigenvalue weighted by atomic mass is 9.95. The Morgan fingerprint density at radius 2 is 1.81 bits per heavy atom. The number of rotatable bonds is 7. The van der Waals surface area contributed by atoms with Crippen molar-refractivity contribution in [2.45, 2.75) is 58.8 Å². The lowest BCUT2D eigenvalue weighted by Gasteiger charge is -2.30. The van der Waals surface area contributed by atoms with Crippen molar-refractivity contribution in [2.24, 2.45) is 0 Å². The fourth-order valence-corrected chi connectivity index (χ4v) is 3.88. The Balaban J connectivity index is 1.75. The summed E-state index contributed by atoms with van der Waals surface area (Å²) in [7, 11) is 0. The number of hydrogen-bond donors (Lipinski definition) is 0. The van der Waals surface area contributed by atoms with E-state index in [0.29, 0.717) is 0 Å². The van der Waals surface area contributed by atoms with Gasteiger partial charge in [-0.25, -0.2) is 0 Å². The predicted octanol–water partition coefficient (Wildman–Crippen LogP) is 6.39. The summed E-state index contributed by atoms with van der Waals surface area (Å²) < 4.78 is 0. The third-order valence-corrected chi connectivity index (χ3v) is 5.63. The van der Waals surface area contributed by atoms with Gasteiger partial charge in [0.2, 0.25) is 0 Å². The maximum atomic E-state index is 4.39. The van der Waals surface area contributed by atoms with Gasteiger partial charge in [-0.2, -0.15) is 0 Å². The van der Waals surface area contributed by atoms with E-state index in [0.717, 1.165) is 19.5 Å². The zero-order valence-electron chi connectivity index (χ0n) is 16.6. The molecule has 0 radical (unpaired) electrons. The maximum absolute atomic E-state index is 4.39. The van der Waals surface area contributed by atoms with Crippen molar-refractivity contribution in [3.05, 3.63) is 76.9 Å². The van der Waals surface area contributed by atoms with Gasteiger partial charge in [-0.15, -0.1) is 0 Å². The molecular formula is C25H33N. The van der Waals surface area contributed by atoms with E-state index in [1.54, 1.807) is 0 Å². The second-order valence-corrected chi connectivity index (χ2v) is 7.74. The normalized spacial score (nSPS) is 14.5. The van der Waals surface area contributed by atoms with Crippen LogP contribution in [0.3, 0.4) is 0 Å². The first kappa shape index (κ1) is 18.8. The minimum absolute atomic E-state index is 1.01. The first-order valence-corrected chi connectivity index (χ1v) is 10.3. The molecule has 1 aliphatic heterocycles. The number of nitrogens with zero attached hydrogens (tertiary/aromatic N) is 1. The molecule has 2 aromatic rings. The highest BCUT2D eigenvalue weighted by Gasteiger charge is 2.13. The average Bonchev–Trinajstić information content (AvgIpc) is 2.69. The molecule has 0 amide bonds. The summed E-state index contributed by atoms with van der Waals surface area (Å²) in [4.78, 5) is 2.46. The first-order valence-electron chi connectivity index (χ1n) is 10.3. The summed E-state index contributed by atoms with van der Waals surface area (Å²) in [6.07, 6.45) is 8.67. The molecule has 3 rings (SSSR count). The molecule has 1 fully saturated rings. The van der Waals surface area contributed by atoms with Crippen molar-refractivity contribution in [3.63, 3.8) is 0 Å². The van der Waals surface area contributed by atoms with Crippen LogP contribution in [0, 0.1) is 6.92 Å². The summed E-state index contributed by atoms with van der Waals surface area (Å²) in [5.41, 5.74) is 8.19. The molecule has 2 aromatic carbocycles. The van der Waals surface area contributed by atoms with Gasteiger partial charge < -0.3 is 4.90 Å². The second-order valence-electron chi connectivity index (χ2n) is 7.74. The minimum atomic E-state index is 1.01. The number of likely N-dealkylation sites (tertiary alicyclic amines) is 1. The summed E-state index contributed by atoms with van der Waals surface area (Å²) in [6.45, 7) is 11.2. The summed E-state index contributed by atoms with van der Waals surface area (Å²) in [5.74, 6) is 0. The van der Waals surface area contributed by atoms with E-state index in [1.165, 1.54) is 72.0 Å². The maximum Gasteiger partial charge on any atom is 0.0366 e. The summed E-state index contributed by atoms with van der Waals surface area (Å²) in [6, 6.07) is 16.0. The van der Waals surface area contributed by atoms with Gasteiger partial charge in [0.25, 0.3) is 0 Å². The Bertz CT molecular complexity index is 738. The Kier molecular flexibility index (Phi) is 6.55. The lowest BCUT2D eigenvalue weighted by molar-refractivity contribution is 0.326. The molecule has 0 spiro atoms. The van der Waals surface area contributed by atoms with Gasteiger partial charge in [-0.1, -0.05) is 56.3 Å². The number of benzene rings is 2. The molecule has 0 aromatic heterocycles. The van der Waals surface area contributed by atoms with E-state index < -0.39 is 0 Å². The van der Waals surface area contributed by atoms with Crippen molar-refractivity contribution in [1.82, 2.24) is 4.90 Å². The predicted molar refractivity (Wildman–Crippen MR) is 113 cm³/mol. The van der Waals surface area contributed by atoms with Gasteiger partial charge in [0.15, 0.2) is 0 Å². The van der Waals surface area contributed by atoms with Crippen LogP contribution < -0.4 is 0 Å². The van der Waals surface area contributed by atoms with Crippen molar-refractivity contribution in [1.29, 1.82) is 0 Å². The molecule has 26 heavy (non-hydrogen) atoms. The Labute approximate surface area is 159 Å². The van der Waals surface area contributed by atoms with E-state index in [-0.39, 0.29) is 0 Å². The highest BCUT2D eigenvalue weighted by atomic mass is 15.1. The molecule has 1 heteroatoms. The molecule has 0 N–H and O–H groups in total. The van der Waals surface area contributed by atoms with E-state index in [1.807, 2.05) is 0 Å². The molecule has 1 saturated heterocycles. The van der Waals surface area contributed by atoms with Crippen LogP contribution in [0.15, 0.2) is 49.0 Å². The fraction of sp³-hybridized carbons (Fsp3) is 0.440. The molecular weight excluding hydrogens is 314 g/mol. The van der Waals surface area contributed by atoms with Gasteiger partial charge in [0.1, 0.15) is 0 Å². The second kappa shape index (κ2) is 9.07. The van der Waals surface area contributed by atoms with Gasteiger partial charge in [0.05, 0.1) is 0 Å². The monoisotopic (exact) mass is 347 g/mol. The summed E-state index contributed by atoms with van der Waals surface area (Å²) in [5, 5.41) is 0. The SMILES string of the molecule is C=C(c1cccc(Cc2cc(CCCC)ccc2C)c1)N1CCCCC1. The summed E-state index contributed by atoms with van der Waals surface area (Å²) >= 11 is 0. The zero-order chi connectivity index (χ0) is 18.4. The van der Waals surface area contributed by atoms with Crippen LogP contribution in [0.1, 0.15) is 66.8 Å². The smallest absolute Gasteiger partial charge is 0.0366 e. The van der Waals surface area contributed by atoms with Crippen LogP contribution in [0.4, 0.5) is 0 Å². The molecule has 0 aliphatic carbocycles. The largest absolute Gasteiger partial charge is 0.372 e. The molecule has 1 nitrogen and oxygen atoms in total. The van der Waals surface area contributed by atoms with E-state index >= 15 is 0 Å². The first-order chi connectivity index (χ1) is 12.7. The molecule has 0 atom stereocenters. The van der Waals surface area contributed by atoms with E-state index in [2.05, 4.69) is 67.8 Å². The molecule has 138 valence electrons. The third-order valence-electron chi connectivity index (χ3n) is 5.63. The average molecular weight is 348 g/mol. The lowest BCUT2D eigenvalue weighted by Crippen LogP contribution is -2.27. The van der Waals surface area contributed by atoms with Crippen molar-refractivity contribution in [2.75, 3.05) is 13.1 Å².